The summed E-state index contributed by atoms with van der Waals surface area (Å²) in [6.45, 7) is 4.64. The van der Waals surface area contributed by atoms with Gasteiger partial charge in [0.05, 0.1) is 6.20 Å². The van der Waals surface area contributed by atoms with Gasteiger partial charge in [0.2, 0.25) is 0 Å². The molecule has 0 aliphatic carbocycles. The topological polar surface area (TPSA) is 78.1 Å². The van der Waals surface area contributed by atoms with Crippen molar-refractivity contribution in [1.82, 2.24) is 19.6 Å². The van der Waals surface area contributed by atoms with Gasteiger partial charge in [-0.25, -0.2) is 18.1 Å². The van der Waals surface area contributed by atoms with Gasteiger partial charge in [0, 0.05) is 32.1 Å². The number of piperidine rings is 1. The van der Waals surface area contributed by atoms with Crippen LogP contribution in [0.4, 0.5) is 0 Å². The van der Waals surface area contributed by atoms with E-state index in [-0.39, 0.29) is 11.1 Å². The highest BCUT2D eigenvalue weighted by molar-refractivity contribution is 7.89. The van der Waals surface area contributed by atoms with Gasteiger partial charge in [-0.2, -0.15) is 0 Å². The van der Waals surface area contributed by atoms with Crippen LogP contribution >= 0.6 is 0 Å². The van der Waals surface area contributed by atoms with Gasteiger partial charge in [-0.1, -0.05) is 37.3 Å². The maximum Gasteiger partial charge on any atom is 0.257 e. The largest absolute Gasteiger partial charge is 0.332 e. The van der Waals surface area contributed by atoms with Crippen LogP contribution in [-0.2, 0) is 23.0 Å². The predicted octanol–water partition coefficient (Wildman–Crippen LogP) is 1.91. The van der Waals surface area contributed by atoms with E-state index in [9.17, 15) is 8.42 Å². The smallest absolute Gasteiger partial charge is 0.257 e. The lowest BCUT2D eigenvalue weighted by molar-refractivity contribution is 0.200. The Morgan fingerprint density at radius 3 is 2.58 bits per heavy atom. The Hall–Kier alpha value is -1.70. The lowest BCUT2D eigenvalue weighted by Crippen LogP contribution is -2.44. The molecule has 2 aromatic rings. The molecule has 130 valence electrons. The van der Waals surface area contributed by atoms with E-state index < -0.39 is 10.0 Å². The lowest BCUT2D eigenvalue weighted by atomic mass is 10.1. The summed E-state index contributed by atoms with van der Waals surface area (Å²) >= 11 is 0. The van der Waals surface area contributed by atoms with Gasteiger partial charge >= 0.3 is 0 Å². The number of aryl methyl sites for hydroxylation is 1. The number of H-pyrrole nitrogens is 1. The average molecular weight is 348 g/mol. The highest BCUT2D eigenvalue weighted by atomic mass is 32.2. The first-order valence-electron chi connectivity index (χ1n) is 8.39. The molecule has 1 aliphatic rings. The number of aromatic nitrogens is 2. The van der Waals surface area contributed by atoms with Gasteiger partial charge in [-0.05, 0) is 18.4 Å². The van der Waals surface area contributed by atoms with Crippen molar-refractivity contribution < 1.29 is 8.42 Å². The fourth-order valence-electron chi connectivity index (χ4n) is 2.99. The summed E-state index contributed by atoms with van der Waals surface area (Å²) in [5.74, 6) is 0.688. The maximum atomic E-state index is 12.4. The zero-order valence-corrected chi connectivity index (χ0v) is 14.7. The molecule has 2 heterocycles. The van der Waals surface area contributed by atoms with Crippen molar-refractivity contribution >= 4 is 10.0 Å². The molecule has 24 heavy (non-hydrogen) atoms. The van der Waals surface area contributed by atoms with E-state index in [4.69, 9.17) is 0 Å². The highest BCUT2D eigenvalue weighted by Gasteiger charge is 2.25. The minimum absolute atomic E-state index is 0.0181. The molecule has 0 radical (unpaired) electrons. The summed E-state index contributed by atoms with van der Waals surface area (Å²) in [7, 11) is -3.51. The van der Waals surface area contributed by atoms with Crippen molar-refractivity contribution in [2.24, 2.45) is 0 Å². The van der Waals surface area contributed by atoms with Crippen molar-refractivity contribution in [2.75, 3.05) is 13.1 Å². The van der Waals surface area contributed by atoms with Crippen molar-refractivity contribution in [2.45, 2.75) is 43.8 Å². The van der Waals surface area contributed by atoms with Crippen molar-refractivity contribution in [3.05, 3.63) is 47.9 Å². The SMILES string of the molecule is CCc1ncc(S(=O)(=O)NC2CCN(Cc3ccccc3)CC2)[nH]1. The van der Waals surface area contributed by atoms with Crippen LogP contribution in [0.1, 0.15) is 31.2 Å². The van der Waals surface area contributed by atoms with Gasteiger partial charge in [0.15, 0.2) is 5.03 Å². The number of imidazole rings is 1. The number of benzene rings is 1. The van der Waals surface area contributed by atoms with E-state index in [2.05, 4.69) is 31.7 Å². The standard InChI is InChI=1S/C17H24N4O2S/c1-2-16-18-12-17(19-16)24(22,23)20-15-8-10-21(11-9-15)13-14-6-4-3-5-7-14/h3-7,12,15,20H,2,8-11,13H2,1H3,(H,18,19). The summed E-state index contributed by atoms with van der Waals surface area (Å²) in [5, 5.41) is 0.158. The fraction of sp³-hybridized carbons (Fsp3) is 0.471. The Bertz CT molecular complexity index is 750. The molecule has 1 saturated heterocycles. The number of hydrogen-bond acceptors (Lipinski definition) is 4. The monoisotopic (exact) mass is 348 g/mol. The van der Waals surface area contributed by atoms with E-state index in [0.717, 1.165) is 32.5 Å². The van der Waals surface area contributed by atoms with Gasteiger partial charge in [-0.3, -0.25) is 4.90 Å². The molecule has 1 aliphatic heterocycles. The van der Waals surface area contributed by atoms with E-state index in [1.165, 1.54) is 11.8 Å². The van der Waals surface area contributed by atoms with Crippen LogP contribution in [0.15, 0.2) is 41.6 Å². The van der Waals surface area contributed by atoms with Crippen LogP contribution in [0.25, 0.3) is 0 Å². The highest BCUT2D eigenvalue weighted by Crippen LogP contribution is 2.16. The number of nitrogens with one attached hydrogen (secondary N) is 2. The number of sulfonamides is 1. The lowest BCUT2D eigenvalue weighted by Gasteiger charge is -2.32. The number of aromatic amines is 1. The Balaban J connectivity index is 1.53. The quantitative estimate of drug-likeness (QED) is 0.836. The molecule has 0 bridgehead atoms. The van der Waals surface area contributed by atoms with Gasteiger partial charge in [0.25, 0.3) is 10.0 Å². The minimum Gasteiger partial charge on any atom is -0.332 e. The molecule has 2 N–H and O–H groups in total. The van der Waals surface area contributed by atoms with Crippen molar-refractivity contribution in [1.29, 1.82) is 0 Å². The molecular weight excluding hydrogens is 324 g/mol. The normalized spacial score (nSPS) is 17.2. The van der Waals surface area contributed by atoms with Crippen LogP contribution in [0, 0.1) is 0 Å². The van der Waals surface area contributed by atoms with Crippen LogP contribution in [0.3, 0.4) is 0 Å². The fourth-order valence-corrected chi connectivity index (χ4v) is 4.24. The second-order valence-electron chi connectivity index (χ2n) is 6.21. The van der Waals surface area contributed by atoms with Crippen LogP contribution in [0.5, 0.6) is 0 Å². The third-order valence-corrected chi connectivity index (χ3v) is 5.82. The average Bonchev–Trinajstić information content (AvgIpc) is 3.08. The molecule has 7 heteroatoms. The zero-order chi connectivity index (χ0) is 17.0. The molecule has 3 rings (SSSR count). The molecule has 0 amide bonds. The molecule has 0 spiro atoms. The van der Waals surface area contributed by atoms with Crippen LogP contribution in [-0.4, -0.2) is 42.4 Å². The number of hydrogen-bond donors (Lipinski definition) is 2. The van der Waals surface area contributed by atoms with E-state index >= 15 is 0 Å². The first-order chi connectivity index (χ1) is 11.6. The molecule has 1 aromatic heterocycles. The summed E-state index contributed by atoms with van der Waals surface area (Å²) in [5.41, 5.74) is 1.29. The van der Waals surface area contributed by atoms with Crippen molar-refractivity contribution in [3.8, 4) is 0 Å². The Morgan fingerprint density at radius 1 is 1.25 bits per heavy atom. The molecule has 6 nitrogen and oxygen atoms in total. The Morgan fingerprint density at radius 2 is 1.96 bits per heavy atom. The van der Waals surface area contributed by atoms with E-state index in [1.54, 1.807) is 0 Å². The molecule has 0 atom stereocenters. The van der Waals surface area contributed by atoms with Crippen molar-refractivity contribution in [3.63, 3.8) is 0 Å². The molecule has 1 fully saturated rings. The second-order valence-corrected chi connectivity index (χ2v) is 7.89. The van der Waals surface area contributed by atoms with Crippen LogP contribution < -0.4 is 4.72 Å². The minimum atomic E-state index is -3.51. The second kappa shape index (κ2) is 7.46. The number of rotatable bonds is 6. The molecule has 0 saturated carbocycles. The molecule has 1 aromatic carbocycles. The van der Waals surface area contributed by atoms with Crippen LogP contribution in [0.2, 0.25) is 0 Å². The molecule has 0 unspecified atom stereocenters. The summed E-state index contributed by atoms with van der Waals surface area (Å²) in [6, 6.07) is 10.3. The Kier molecular flexibility index (Phi) is 5.33. The van der Waals surface area contributed by atoms with Gasteiger partial charge in [0.1, 0.15) is 5.82 Å². The van der Waals surface area contributed by atoms with Gasteiger partial charge < -0.3 is 4.98 Å². The van der Waals surface area contributed by atoms with Gasteiger partial charge in [-0.15, -0.1) is 0 Å². The summed E-state index contributed by atoms with van der Waals surface area (Å²) < 4.78 is 27.6. The molecular formula is C17H24N4O2S. The number of nitrogens with zero attached hydrogens (tertiary/aromatic N) is 2. The maximum absolute atomic E-state index is 12.4. The first-order valence-corrected chi connectivity index (χ1v) is 9.87. The summed E-state index contributed by atoms with van der Waals surface area (Å²) in [6.07, 6.45) is 3.72. The Labute approximate surface area is 143 Å². The third kappa shape index (κ3) is 4.23. The zero-order valence-electron chi connectivity index (χ0n) is 13.9. The first kappa shape index (κ1) is 17.1. The predicted molar refractivity (Wildman–Crippen MR) is 93.0 cm³/mol. The van der Waals surface area contributed by atoms with E-state index in [0.29, 0.717) is 12.2 Å². The van der Waals surface area contributed by atoms with E-state index in [1.807, 2.05) is 25.1 Å². The third-order valence-electron chi connectivity index (χ3n) is 4.39. The summed E-state index contributed by atoms with van der Waals surface area (Å²) in [4.78, 5) is 9.30. The number of likely N-dealkylation sites (tertiary alicyclic amines) is 1.